The number of anilines is 1. The number of carboxylic acid groups (broad SMARTS) is 1. The minimum atomic E-state index is -1.19. The lowest BCUT2D eigenvalue weighted by Gasteiger charge is -2.17. The summed E-state index contributed by atoms with van der Waals surface area (Å²) in [5.41, 5.74) is 3.70. The third-order valence-electron chi connectivity index (χ3n) is 3.48. The minimum Gasteiger partial charge on any atom is -0.549 e. The molecule has 0 aliphatic heterocycles. The molecule has 0 saturated heterocycles. The van der Waals surface area contributed by atoms with Crippen LogP contribution in [0, 0.1) is 13.8 Å². The first-order chi connectivity index (χ1) is 11.0. The Kier molecular flexibility index (Phi) is 5.82. The molecule has 0 fully saturated rings. The van der Waals surface area contributed by atoms with Crippen LogP contribution in [0.15, 0.2) is 48.5 Å². The van der Waals surface area contributed by atoms with Crippen molar-refractivity contribution in [2.45, 2.75) is 19.1 Å². The molecule has 4 nitrogen and oxygen atoms in total. The number of carboxylic acids is 1. The largest absolute Gasteiger partial charge is 0.549 e. The van der Waals surface area contributed by atoms with E-state index in [9.17, 15) is 14.7 Å². The molecule has 0 unspecified atom stereocenters. The SMILES string of the molecule is Cc1ccc(NC(=O)[C@H](SCC(=O)[O-])c2ccccc2)cc1C. The number of aliphatic carboxylic acids is 1. The van der Waals surface area contributed by atoms with Crippen molar-refractivity contribution < 1.29 is 14.7 Å². The molecule has 0 spiro atoms. The van der Waals surface area contributed by atoms with Crippen molar-refractivity contribution in [2.75, 3.05) is 11.1 Å². The quantitative estimate of drug-likeness (QED) is 0.884. The molecular weight excluding hydrogens is 310 g/mol. The van der Waals surface area contributed by atoms with Gasteiger partial charge in [-0.05, 0) is 42.7 Å². The third kappa shape index (κ3) is 4.86. The van der Waals surface area contributed by atoms with E-state index in [-0.39, 0.29) is 11.7 Å². The van der Waals surface area contributed by atoms with E-state index >= 15 is 0 Å². The minimum absolute atomic E-state index is 0.236. The summed E-state index contributed by atoms with van der Waals surface area (Å²) < 4.78 is 0. The van der Waals surface area contributed by atoms with Crippen LogP contribution in [0.4, 0.5) is 5.69 Å². The summed E-state index contributed by atoms with van der Waals surface area (Å²) in [5, 5.41) is 13.0. The van der Waals surface area contributed by atoms with Crippen LogP contribution in [0.2, 0.25) is 0 Å². The Bertz CT molecular complexity index is 701. The standard InChI is InChI=1S/C18H19NO3S/c1-12-8-9-15(10-13(12)2)19-18(22)17(23-11-16(20)21)14-6-4-3-5-7-14/h3-10,17H,11H2,1-2H3,(H,19,22)(H,20,21)/p-1/t17-/m1/s1. The molecule has 1 N–H and O–H groups in total. The van der Waals surface area contributed by atoms with Crippen LogP contribution in [-0.2, 0) is 9.59 Å². The summed E-state index contributed by atoms with van der Waals surface area (Å²) in [6, 6.07) is 14.8. The predicted molar refractivity (Wildman–Crippen MR) is 91.2 cm³/mol. The van der Waals surface area contributed by atoms with Gasteiger partial charge in [-0.15, -0.1) is 11.8 Å². The molecule has 5 heteroatoms. The Hall–Kier alpha value is -2.27. The number of benzene rings is 2. The van der Waals surface area contributed by atoms with Crippen molar-refractivity contribution in [1.82, 2.24) is 0 Å². The van der Waals surface area contributed by atoms with Gasteiger partial charge in [-0.3, -0.25) is 4.79 Å². The molecule has 2 rings (SSSR count). The smallest absolute Gasteiger partial charge is 0.242 e. The lowest BCUT2D eigenvalue weighted by atomic mass is 10.1. The van der Waals surface area contributed by atoms with E-state index in [0.29, 0.717) is 5.69 Å². The van der Waals surface area contributed by atoms with Gasteiger partial charge < -0.3 is 15.2 Å². The van der Waals surface area contributed by atoms with Crippen LogP contribution >= 0.6 is 11.8 Å². The van der Waals surface area contributed by atoms with E-state index in [1.165, 1.54) is 0 Å². The monoisotopic (exact) mass is 328 g/mol. The second-order valence-electron chi connectivity index (χ2n) is 5.26. The number of carbonyl (C=O) groups excluding carboxylic acids is 2. The molecule has 1 atom stereocenters. The van der Waals surface area contributed by atoms with Gasteiger partial charge in [-0.2, -0.15) is 0 Å². The number of rotatable bonds is 6. The number of carbonyl (C=O) groups is 2. The van der Waals surface area contributed by atoms with Crippen molar-refractivity contribution >= 4 is 29.3 Å². The second-order valence-corrected chi connectivity index (χ2v) is 6.36. The highest BCUT2D eigenvalue weighted by Gasteiger charge is 2.21. The summed E-state index contributed by atoms with van der Waals surface area (Å²) in [6.45, 7) is 3.98. The van der Waals surface area contributed by atoms with Gasteiger partial charge in [0, 0.05) is 11.4 Å². The average molecular weight is 328 g/mol. The van der Waals surface area contributed by atoms with Crippen LogP contribution in [0.5, 0.6) is 0 Å². The van der Waals surface area contributed by atoms with Crippen molar-refractivity contribution in [3.63, 3.8) is 0 Å². The number of nitrogens with one attached hydrogen (secondary N) is 1. The van der Waals surface area contributed by atoms with E-state index < -0.39 is 11.2 Å². The molecule has 0 aliphatic rings. The van der Waals surface area contributed by atoms with E-state index in [1.807, 2.05) is 62.4 Å². The topological polar surface area (TPSA) is 69.2 Å². The molecule has 120 valence electrons. The van der Waals surface area contributed by atoms with Gasteiger partial charge in [0.15, 0.2) is 0 Å². The summed E-state index contributed by atoms with van der Waals surface area (Å²) in [6.07, 6.45) is 0. The van der Waals surface area contributed by atoms with E-state index in [0.717, 1.165) is 28.5 Å². The first-order valence-electron chi connectivity index (χ1n) is 7.22. The third-order valence-corrected chi connectivity index (χ3v) is 4.70. The van der Waals surface area contributed by atoms with Crippen LogP contribution in [0.3, 0.4) is 0 Å². The first-order valence-corrected chi connectivity index (χ1v) is 8.27. The van der Waals surface area contributed by atoms with Crippen LogP contribution in [0.1, 0.15) is 21.9 Å². The number of hydrogen-bond acceptors (Lipinski definition) is 4. The zero-order chi connectivity index (χ0) is 16.8. The van der Waals surface area contributed by atoms with Gasteiger partial charge in [-0.1, -0.05) is 36.4 Å². The maximum Gasteiger partial charge on any atom is 0.242 e. The van der Waals surface area contributed by atoms with Gasteiger partial charge in [0.25, 0.3) is 0 Å². The average Bonchev–Trinajstić information content (AvgIpc) is 2.52. The van der Waals surface area contributed by atoms with Crippen molar-refractivity contribution in [1.29, 1.82) is 0 Å². The maximum absolute atomic E-state index is 12.6. The molecule has 0 saturated carbocycles. The fourth-order valence-electron chi connectivity index (χ4n) is 2.13. The first kappa shape index (κ1) is 17.1. The summed E-state index contributed by atoms with van der Waals surface area (Å²) in [4.78, 5) is 23.3. The molecule has 0 aliphatic carbocycles. The summed E-state index contributed by atoms with van der Waals surface area (Å²) >= 11 is 1.04. The number of hydrogen-bond donors (Lipinski definition) is 1. The molecule has 0 bridgehead atoms. The van der Waals surface area contributed by atoms with Crippen LogP contribution in [0.25, 0.3) is 0 Å². The highest BCUT2D eigenvalue weighted by molar-refractivity contribution is 8.00. The molecule has 0 radical (unpaired) electrons. The van der Waals surface area contributed by atoms with Crippen molar-refractivity contribution in [3.05, 3.63) is 65.2 Å². The fourth-order valence-corrected chi connectivity index (χ4v) is 2.99. The Balaban J connectivity index is 2.18. The number of aryl methyl sites for hydroxylation is 2. The van der Waals surface area contributed by atoms with E-state index in [2.05, 4.69) is 5.32 Å². The molecular formula is C18H18NO3S-. The van der Waals surface area contributed by atoms with Gasteiger partial charge in [0.1, 0.15) is 5.25 Å². The van der Waals surface area contributed by atoms with Crippen molar-refractivity contribution in [3.8, 4) is 0 Å². The Morgan fingerprint density at radius 1 is 1.09 bits per heavy atom. The van der Waals surface area contributed by atoms with Gasteiger partial charge in [0.2, 0.25) is 5.91 Å². The van der Waals surface area contributed by atoms with E-state index in [1.54, 1.807) is 0 Å². The molecule has 2 aromatic carbocycles. The Morgan fingerprint density at radius 3 is 2.39 bits per heavy atom. The number of thioether (sulfide) groups is 1. The van der Waals surface area contributed by atoms with Gasteiger partial charge >= 0.3 is 0 Å². The Labute approximate surface area is 139 Å². The van der Waals surface area contributed by atoms with Gasteiger partial charge in [-0.25, -0.2) is 0 Å². The molecule has 2 aromatic rings. The molecule has 0 heterocycles. The summed E-state index contributed by atoms with van der Waals surface area (Å²) in [5.74, 6) is -1.67. The zero-order valence-electron chi connectivity index (χ0n) is 13.0. The molecule has 23 heavy (non-hydrogen) atoms. The lowest BCUT2D eigenvalue weighted by Crippen LogP contribution is -2.27. The second kappa shape index (κ2) is 7.83. The highest BCUT2D eigenvalue weighted by atomic mass is 32.2. The molecule has 1 amide bonds. The number of amides is 1. The zero-order valence-corrected chi connectivity index (χ0v) is 13.9. The van der Waals surface area contributed by atoms with Crippen LogP contribution < -0.4 is 10.4 Å². The van der Waals surface area contributed by atoms with Gasteiger partial charge in [0.05, 0.1) is 5.97 Å². The predicted octanol–water partition coefficient (Wildman–Crippen LogP) is 2.47. The summed E-state index contributed by atoms with van der Waals surface area (Å²) in [7, 11) is 0. The lowest BCUT2D eigenvalue weighted by molar-refractivity contribution is -0.301. The Morgan fingerprint density at radius 2 is 1.78 bits per heavy atom. The fraction of sp³-hybridized carbons (Fsp3) is 0.222. The van der Waals surface area contributed by atoms with Crippen LogP contribution in [-0.4, -0.2) is 17.6 Å². The molecule has 0 aromatic heterocycles. The van der Waals surface area contributed by atoms with E-state index in [4.69, 9.17) is 0 Å². The maximum atomic E-state index is 12.6. The normalized spacial score (nSPS) is 11.7. The highest BCUT2D eigenvalue weighted by Crippen LogP contribution is 2.30. The van der Waals surface area contributed by atoms with Crippen molar-refractivity contribution in [2.24, 2.45) is 0 Å².